The highest BCUT2D eigenvalue weighted by molar-refractivity contribution is 5.20. The SMILES string of the molecule is Cc1occc1C(N)Cc1ncnn1C. The zero-order chi connectivity index (χ0) is 10.8. The van der Waals surface area contributed by atoms with Gasteiger partial charge < -0.3 is 10.2 Å². The number of hydrogen-bond donors (Lipinski definition) is 1. The van der Waals surface area contributed by atoms with Crippen LogP contribution in [0.5, 0.6) is 0 Å². The molecule has 2 aromatic heterocycles. The number of aromatic nitrogens is 3. The second-order valence-electron chi connectivity index (χ2n) is 3.54. The smallest absolute Gasteiger partial charge is 0.138 e. The molecule has 5 nitrogen and oxygen atoms in total. The van der Waals surface area contributed by atoms with Crippen LogP contribution < -0.4 is 5.73 Å². The summed E-state index contributed by atoms with van der Waals surface area (Å²) in [6, 6.07) is 1.81. The van der Waals surface area contributed by atoms with E-state index in [0.717, 1.165) is 17.1 Å². The van der Waals surface area contributed by atoms with Crippen LogP contribution >= 0.6 is 0 Å². The number of nitrogens with zero attached hydrogens (tertiary/aromatic N) is 3. The Kier molecular flexibility index (Phi) is 2.55. The quantitative estimate of drug-likeness (QED) is 0.812. The van der Waals surface area contributed by atoms with Crippen LogP contribution in [-0.4, -0.2) is 14.8 Å². The van der Waals surface area contributed by atoms with Crippen LogP contribution in [0.3, 0.4) is 0 Å². The molecule has 0 saturated heterocycles. The van der Waals surface area contributed by atoms with Crippen LogP contribution in [0, 0.1) is 6.92 Å². The molecule has 0 amide bonds. The molecule has 0 fully saturated rings. The van der Waals surface area contributed by atoms with Crippen LogP contribution in [-0.2, 0) is 13.5 Å². The van der Waals surface area contributed by atoms with Gasteiger partial charge >= 0.3 is 0 Å². The van der Waals surface area contributed by atoms with Crippen molar-refractivity contribution in [1.82, 2.24) is 14.8 Å². The third kappa shape index (κ3) is 1.92. The molecule has 80 valence electrons. The van der Waals surface area contributed by atoms with Gasteiger partial charge in [-0.2, -0.15) is 5.10 Å². The maximum absolute atomic E-state index is 6.06. The van der Waals surface area contributed by atoms with E-state index in [2.05, 4.69) is 10.1 Å². The van der Waals surface area contributed by atoms with Crippen molar-refractivity contribution >= 4 is 0 Å². The van der Waals surface area contributed by atoms with Gasteiger partial charge in [-0.1, -0.05) is 0 Å². The fraction of sp³-hybridized carbons (Fsp3) is 0.400. The van der Waals surface area contributed by atoms with Gasteiger partial charge in [-0.25, -0.2) is 4.98 Å². The summed E-state index contributed by atoms with van der Waals surface area (Å²) in [5.41, 5.74) is 7.09. The summed E-state index contributed by atoms with van der Waals surface area (Å²) < 4.78 is 6.94. The maximum Gasteiger partial charge on any atom is 0.138 e. The van der Waals surface area contributed by atoms with Crippen molar-refractivity contribution in [3.63, 3.8) is 0 Å². The molecule has 0 radical (unpaired) electrons. The van der Waals surface area contributed by atoms with Gasteiger partial charge in [-0.3, -0.25) is 4.68 Å². The Bertz CT molecular complexity index is 446. The van der Waals surface area contributed by atoms with E-state index in [1.165, 1.54) is 6.33 Å². The molecular weight excluding hydrogens is 192 g/mol. The van der Waals surface area contributed by atoms with Crippen LogP contribution in [0.25, 0.3) is 0 Å². The van der Waals surface area contributed by atoms with E-state index in [-0.39, 0.29) is 6.04 Å². The average Bonchev–Trinajstić information content (AvgIpc) is 2.76. The lowest BCUT2D eigenvalue weighted by Gasteiger charge is -2.09. The first-order valence-corrected chi connectivity index (χ1v) is 4.81. The van der Waals surface area contributed by atoms with Gasteiger partial charge in [0.25, 0.3) is 0 Å². The monoisotopic (exact) mass is 206 g/mol. The summed E-state index contributed by atoms with van der Waals surface area (Å²) in [6.45, 7) is 1.91. The Morgan fingerprint density at radius 2 is 2.40 bits per heavy atom. The Morgan fingerprint density at radius 3 is 2.93 bits per heavy atom. The molecule has 0 aliphatic heterocycles. The van der Waals surface area contributed by atoms with Crippen molar-refractivity contribution in [2.45, 2.75) is 19.4 Å². The first-order valence-electron chi connectivity index (χ1n) is 4.81. The first kappa shape index (κ1) is 9.92. The molecule has 0 aliphatic rings. The lowest BCUT2D eigenvalue weighted by Crippen LogP contribution is -2.16. The topological polar surface area (TPSA) is 69.9 Å². The highest BCUT2D eigenvalue weighted by Crippen LogP contribution is 2.19. The summed E-state index contributed by atoms with van der Waals surface area (Å²) in [7, 11) is 1.86. The summed E-state index contributed by atoms with van der Waals surface area (Å²) in [5.74, 6) is 1.74. The molecule has 2 aromatic rings. The van der Waals surface area contributed by atoms with Crippen molar-refractivity contribution in [1.29, 1.82) is 0 Å². The molecule has 2 heterocycles. The van der Waals surface area contributed by atoms with Crippen molar-refractivity contribution in [3.05, 3.63) is 35.8 Å². The summed E-state index contributed by atoms with van der Waals surface area (Å²) in [5, 5.41) is 4.00. The van der Waals surface area contributed by atoms with Gasteiger partial charge in [-0.05, 0) is 13.0 Å². The van der Waals surface area contributed by atoms with E-state index in [4.69, 9.17) is 10.2 Å². The average molecular weight is 206 g/mol. The standard InChI is InChI=1S/C10H14N4O/c1-7-8(3-4-15-7)9(11)5-10-12-6-13-14(10)2/h3-4,6,9H,5,11H2,1-2H3. The highest BCUT2D eigenvalue weighted by atomic mass is 16.3. The van der Waals surface area contributed by atoms with Gasteiger partial charge in [0.15, 0.2) is 0 Å². The molecule has 1 atom stereocenters. The third-order valence-electron chi connectivity index (χ3n) is 2.51. The van der Waals surface area contributed by atoms with Gasteiger partial charge in [-0.15, -0.1) is 0 Å². The zero-order valence-corrected chi connectivity index (χ0v) is 8.84. The summed E-state index contributed by atoms with van der Waals surface area (Å²) in [6.07, 6.45) is 3.85. The van der Waals surface area contributed by atoms with Crippen LogP contribution in [0.15, 0.2) is 23.1 Å². The van der Waals surface area contributed by atoms with E-state index in [0.29, 0.717) is 6.42 Å². The molecule has 1 unspecified atom stereocenters. The van der Waals surface area contributed by atoms with Gasteiger partial charge in [0.2, 0.25) is 0 Å². The normalized spacial score (nSPS) is 13.0. The second kappa shape index (κ2) is 3.86. The molecule has 0 spiro atoms. The van der Waals surface area contributed by atoms with Crippen molar-refractivity contribution in [2.75, 3.05) is 0 Å². The molecule has 0 aromatic carbocycles. The minimum absolute atomic E-state index is 0.0911. The van der Waals surface area contributed by atoms with Crippen LogP contribution in [0.1, 0.15) is 23.2 Å². The van der Waals surface area contributed by atoms with Crippen LogP contribution in [0.2, 0.25) is 0 Å². The molecule has 0 saturated carbocycles. The Morgan fingerprint density at radius 1 is 1.60 bits per heavy atom. The number of hydrogen-bond acceptors (Lipinski definition) is 4. The fourth-order valence-corrected chi connectivity index (χ4v) is 1.59. The Balaban J connectivity index is 2.14. The second-order valence-corrected chi connectivity index (χ2v) is 3.54. The molecule has 5 heteroatoms. The lowest BCUT2D eigenvalue weighted by molar-refractivity contribution is 0.521. The minimum Gasteiger partial charge on any atom is -0.469 e. The van der Waals surface area contributed by atoms with E-state index in [1.54, 1.807) is 10.9 Å². The van der Waals surface area contributed by atoms with Crippen molar-refractivity contribution < 1.29 is 4.42 Å². The zero-order valence-electron chi connectivity index (χ0n) is 8.84. The van der Waals surface area contributed by atoms with Gasteiger partial charge in [0, 0.05) is 25.1 Å². The molecule has 0 aliphatic carbocycles. The Hall–Kier alpha value is -1.62. The molecule has 0 bridgehead atoms. The number of furan rings is 1. The fourth-order valence-electron chi connectivity index (χ4n) is 1.59. The summed E-state index contributed by atoms with van der Waals surface area (Å²) in [4.78, 5) is 4.14. The minimum atomic E-state index is -0.0911. The molecule has 2 rings (SSSR count). The van der Waals surface area contributed by atoms with Gasteiger partial charge in [0.05, 0.1) is 6.26 Å². The molecule has 2 N–H and O–H groups in total. The predicted octanol–water partition coefficient (Wildman–Crippen LogP) is 0.959. The predicted molar refractivity (Wildman–Crippen MR) is 55.1 cm³/mol. The van der Waals surface area contributed by atoms with Gasteiger partial charge in [0.1, 0.15) is 17.9 Å². The van der Waals surface area contributed by atoms with Crippen molar-refractivity contribution in [3.8, 4) is 0 Å². The van der Waals surface area contributed by atoms with E-state index in [1.807, 2.05) is 20.0 Å². The van der Waals surface area contributed by atoms with E-state index >= 15 is 0 Å². The maximum atomic E-state index is 6.06. The Labute approximate surface area is 87.9 Å². The molecule has 15 heavy (non-hydrogen) atoms. The number of rotatable bonds is 3. The summed E-state index contributed by atoms with van der Waals surface area (Å²) >= 11 is 0. The van der Waals surface area contributed by atoms with Crippen molar-refractivity contribution in [2.24, 2.45) is 12.8 Å². The first-order chi connectivity index (χ1) is 7.18. The number of aryl methyl sites for hydroxylation is 2. The van der Waals surface area contributed by atoms with Crippen LogP contribution in [0.4, 0.5) is 0 Å². The van der Waals surface area contributed by atoms with E-state index in [9.17, 15) is 0 Å². The largest absolute Gasteiger partial charge is 0.469 e. The highest BCUT2D eigenvalue weighted by Gasteiger charge is 2.14. The lowest BCUT2D eigenvalue weighted by atomic mass is 10.1. The van der Waals surface area contributed by atoms with E-state index < -0.39 is 0 Å². The number of nitrogens with two attached hydrogens (primary N) is 1. The molecular formula is C10H14N4O. The third-order valence-corrected chi connectivity index (χ3v) is 2.51.